The van der Waals surface area contributed by atoms with Gasteiger partial charge in [-0.2, -0.15) is 0 Å². The number of aromatic nitrogens is 1. The fourth-order valence-corrected chi connectivity index (χ4v) is 4.48. The number of rotatable bonds is 5. The molecule has 134 valence electrons. The molecule has 1 aliphatic heterocycles. The minimum absolute atomic E-state index is 0.174. The number of carbonyl (C=O) groups excluding carboxylic acids is 1. The lowest BCUT2D eigenvalue weighted by molar-refractivity contribution is 0.0793. The first kappa shape index (κ1) is 17.6. The van der Waals surface area contributed by atoms with E-state index in [1.165, 1.54) is 0 Å². The maximum absolute atomic E-state index is 13.0. The molecule has 1 aromatic heterocycles. The molecule has 0 spiro atoms. The van der Waals surface area contributed by atoms with Gasteiger partial charge in [-0.25, -0.2) is 13.1 Å². The van der Waals surface area contributed by atoms with Crippen molar-refractivity contribution in [2.45, 2.75) is 25.5 Å². The van der Waals surface area contributed by atoms with Crippen LogP contribution in [0.15, 0.2) is 34.9 Å². The Labute approximate surface area is 147 Å². The first-order valence-electron chi connectivity index (χ1n) is 8.23. The van der Waals surface area contributed by atoms with Crippen molar-refractivity contribution in [3.05, 3.63) is 41.6 Å². The summed E-state index contributed by atoms with van der Waals surface area (Å²) in [6.45, 7) is 4.36. The van der Waals surface area contributed by atoms with Crippen molar-refractivity contribution in [3.8, 4) is 11.3 Å². The highest BCUT2D eigenvalue weighted by molar-refractivity contribution is 7.90. The quantitative estimate of drug-likeness (QED) is 0.874. The number of hydrogen-bond acceptors (Lipinski definition) is 5. The number of sulfonamides is 1. The fourth-order valence-electron chi connectivity index (χ4n) is 3.05. The molecule has 1 fully saturated rings. The largest absolute Gasteiger partial charge is 0.355 e. The van der Waals surface area contributed by atoms with Crippen molar-refractivity contribution in [2.24, 2.45) is 0 Å². The zero-order valence-corrected chi connectivity index (χ0v) is 15.0. The summed E-state index contributed by atoms with van der Waals surface area (Å²) in [7, 11) is -3.40. The molecule has 0 bridgehead atoms. The molecule has 0 radical (unpaired) electrons. The molecule has 25 heavy (non-hydrogen) atoms. The summed E-state index contributed by atoms with van der Waals surface area (Å²) in [6, 6.07) is 9.29. The molecule has 2 heterocycles. The predicted octanol–water partition coefficient (Wildman–Crippen LogP) is 1.80. The number of nitrogens with zero attached hydrogens (tertiary/aromatic N) is 2. The molecule has 0 saturated carbocycles. The van der Waals surface area contributed by atoms with E-state index in [-0.39, 0.29) is 12.5 Å². The number of carbonyl (C=O) groups is 1. The van der Waals surface area contributed by atoms with Crippen LogP contribution in [-0.2, 0) is 10.0 Å². The summed E-state index contributed by atoms with van der Waals surface area (Å²) in [6.07, 6.45) is 0.423. The minimum atomic E-state index is -3.40. The summed E-state index contributed by atoms with van der Waals surface area (Å²) in [5.41, 5.74) is 1.66. The Morgan fingerprint density at radius 1 is 1.36 bits per heavy atom. The maximum Gasteiger partial charge on any atom is 0.259 e. The van der Waals surface area contributed by atoms with E-state index >= 15 is 0 Å². The summed E-state index contributed by atoms with van der Waals surface area (Å²) < 4.78 is 32.2. The molecule has 1 atom stereocenters. The van der Waals surface area contributed by atoms with Gasteiger partial charge < -0.3 is 9.42 Å². The lowest BCUT2D eigenvalue weighted by atomic mass is 10.1. The molecule has 1 amide bonds. The van der Waals surface area contributed by atoms with Gasteiger partial charge in [-0.05, 0) is 13.3 Å². The van der Waals surface area contributed by atoms with E-state index in [0.717, 1.165) is 5.56 Å². The van der Waals surface area contributed by atoms with Gasteiger partial charge in [0.1, 0.15) is 5.56 Å². The first-order chi connectivity index (χ1) is 11.9. The highest BCUT2D eigenvalue weighted by Crippen LogP contribution is 2.29. The van der Waals surface area contributed by atoms with Gasteiger partial charge in [0.2, 0.25) is 10.0 Å². The van der Waals surface area contributed by atoms with Gasteiger partial charge in [0.25, 0.3) is 5.91 Å². The SMILES string of the molecule is CCNS(=O)(=O)C1CCN(C(=O)c2c(C)noc2-c2ccccc2)C1. The van der Waals surface area contributed by atoms with Crippen LogP contribution in [0.2, 0.25) is 0 Å². The second kappa shape index (κ2) is 6.97. The fraction of sp³-hybridized carbons (Fsp3) is 0.412. The highest BCUT2D eigenvalue weighted by atomic mass is 32.2. The van der Waals surface area contributed by atoms with Crippen LogP contribution in [0.25, 0.3) is 11.3 Å². The molecular weight excluding hydrogens is 342 g/mol. The Bertz CT molecular complexity index is 861. The van der Waals surface area contributed by atoms with Crippen molar-refractivity contribution >= 4 is 15.9 Å². The summed E-state index contributed by atoms with van der Waals surface area (Å²) in [4.78, 5) is 14.5. The zero-order valence-electron chi connectivity index (χ0n) is 14.2. The first-order valence-corrected chi connectivity index (χ1v) is 9.78. The second-order valence-electron chi connectivity index (χ2n) is 6.04. The second-order valence-corrected chi connectivity index (χ2v) is 8.09. The summed E-state index contributed by atoms with van der Waals surface area (Å²) in [5, 5.41) is 3.34. The standard InChI is InChI=1S/C17H21N3O4S/c1-3-18-25(22,23)14-9-10-20(11-14)17(21)15-12(2)19-24-16(15)13-7-5-4-6-8-13/h4-8,14,18H,3,9-11H2,1-2H3. The number of benzene rings is 1. The van der Waals surface area contributed by atoms with Gasteiger partial charge in [0, 0.05) is 25.2 Å². The average molecular weight is 363 g/mol. The van der Waals surface area contributed by atoms with Crippen LogP contribution in [0, 0.1) is 6.92 Å². The van der Waals surface area contributed by atoms with Gasteiger partial charge >= 0.3 is 0 Å². The maximum atomic E-state index is 13.0. The van der Waals surface area contributed by atoms with Gasteiger partial charge in [-0.3, -0.25) is 4.79 Å². The molecule has 1 unspecified atom stereocenters. The van der Waals surface area contributed by atoms with E-state index in [0.29, 0.717) is 36.5 Å². The van der Waals surface area contributed by atoms with Gasteiger partial charge in [0.05, 0.1) is 10.9 Å². The van der Waals surface area contributed by atoms with Crippen LogP contribution in [-0.4, -0.2) is 49.3 Å². The van der Waals surface area contributed by atoms with E-state index in [1.54, 1.807) is 18.7 Å². The van der Waals surface area contributed by atoms with Crippen LogP contribution in [0.1, 0.15) is 29.4 Å². The van der Waals surface area contributed by atoms with Crippen molar-refractivity contribution < 1.29 is 17.7 Å². The number of likely N-dealkylation sites (tertiary alicyclic amines) is 1. The lowest BCUT2D eigenvalue weighted by Gasteiger charge is -2.17. The van der Waals surface area contributed by atoms with Crippen LogP contribution in [0.3, 0.4) is 0 Å². The third-order valence-electron chi connectivity index (χ3n) is 4.33. The zero-order chi connectivity index (χ0) is 18.0. The minimum Gasteiger partial charge on any atom is -0.355 e. The molecule has 1 aromatic carbocycles. The molecule has 7 nitrogen and oxygen atoms in total. The molecule has 0 aliphatic carbocycles. The molecule has 2 aromatic rings. The monoisotopic (exact) mass is 363 g/mol. The number of amides is 1. The summed E-state index contributed by atoms with van der Waals surface area (Å²) >= 11 is 0. The third kappa shape index (κ3) is 3.45. The molecule has 3 rings (SSSR count). The number of aryl methyl sites for hydroxylation is 1. The summed E-state index contributed by atoms with van der Waals surface area (Å²) in [5.74, 6) is 0.174. The Hall–Kier alpha value is -2.19. The Balaban J connectivity index is 1.85. The van der Waals surface area contributed by atoms with Gasteiger partial charge in [-0.1, -0.05) is 42.4 Å². The normalized spacial score (nSPS) is 17.8. The molecule has 1 saturated heterocycles. The van der Waals surface area contributed by atoms with Gasteiger partial charge in [0.15, 0.2) is 5.76 Å². The van der Waals surface area contributed by atoms with E-state index in [2.05, 4.69) is 9.88 Å². The van der Waals surface area contributed by atoms with Crippen LogP contribution in [0.5, 0.6) is 0 Å². The predicted molar refractivity (Wildman–Crippen MR) is 93.6 cm³/mol. The average Bonchev–Trinajstić information content (AvgIpc) is 3.22. The lowest BCUT2D eigenvalue weighted by Crippen LogP contribution is -2.37. The molecule has 1 aliphatic rings. The number of nitrogens with one attached hydrogen (secondary N) is 1. The van der Waals surface area contributed by atoms with Crippen LogP contribution >= 0.6 is 0 Å². The van der Waals surface area contributed by atoms with E-state index in [9.17, 15) is 13.2 Å². The molecular formula is C17H21N3O4S. The van der Waals surface area contributed by atoms with Crippen molar-refractivity contribution in [1.29, 1.82) is 0 Å². The van der Waals surface area contributed by atoms with E-state index in [4.69, 9.17) is 4.52 Å². The highest BCUT2D eigenvalue weighted by Gasteiger charge is 2.37. The van der Waals surface area contributed by atoms with E-state index in [1.807, 2.05) is 30.3 Å². The smallest absolute Gasteiger partial charge is 0.259 e. The van der Waals surface area contributed by atoms with Crippen molar-refractivity contribution in [3.63, 3.8) is 0 Å². The topological polar surface area (TPSA) is 92.5 Å². The van der Waals surface area contributed by atoms with Crippen molar-refractivity contribution in [2.75, 3.05) is 19.6 Å². The van der Waals surface area contributed by atoms with Gasteiger partial charge in [-0.15, -0.1) is 0 Å². The Kier molecular flexibility index (Phi) is 4.91. The van der Waals surface area contributed by atoms with E-state index < -0.39 is 15.3 Å². The van der Waals surface area contributed by atoms with Crippen LogP contribution < -0.4 is 4.72 Å². The Morgan fingerprint density at radius 3 is 2.76 bits per heavy atom. The Morgan fingerprint density at radius 2 is 2.08 bits per heavy atom. The van der Waals surface area contributed by atoms with Crippen LogP contribution in [0.4, 0.5) is 0 Å². The molecule has 8 heteroatoms. The third-order valence-corrected chi connectivity index (χ3v) is 6.28. The molecule has 1 N–H and O–H groups in total. The number of hydrogen-bond donors (Lipinski definition) is 1. The van der Waals surface area contributed by atoms with Crippen molar-refractivity contribution in [1.82, 2.24) is 14.8 Å².